The van der Waals surface area contributed by atoms with Crippen LogP contribution in [0.3, 0.4) is 0 Å². The quantitative estimate of drug-likeness (QED) is 0.862. The third-order valence-corrected chi connectivity index (χ3v) is 4.41. The smallest absolute Gasteiger partial charge is 0.255 e. The molecule has 3 amide bonds. The van der Waals surface area contributed by atoms with Crippen molar-refractivity contribution in [1.82, 2.24) is 10.2 Å². The average molecular weight is 300 g/mol. The number of imide groups is 1. The lowest BCUT2D eigenvalue weighted by Crippen LogP contribution is -2.52. The van der Waals surface area contributed by atoms with Gasteiger partial charge in [0.1, 0.15) is 6.04 Å². The number of nitrogens with zero attached hydrogens (tertiary/aromatic N) is 1. The first kappa shape index (κ1) is 14.8. The van der Waals surface area contributed by atoms with Crippen LogP contribution in [0.15, 0.2) is 18.2 Å². The third kappa shape index (κ3) is 2.63. The minimum absolute atomic E-state index is 0.0946. The number of rotatable bonds is 4. The summed E-state index contributed by atoms with van der Waals surface area (Å²) < 4.78 is 0. The lowest BCUT2D eigenvalue weighted by atomic mass is 10.0. The highest BCUT2D eigenvalue weighted by molar-refractivity contribution is 6.05. The van der Waals surface area contributed by atoms with Crippen molar-refractivity contribution in [1.29, 1.82) is 0 Å². The summed E-state index contributed by atoms with van der Waals surface area (Å²) in [6.07, 6.45) is 3.89. The summed E-state index contributed by atoms with van der Waals surface area (Å²) in [7, 11) is 0. The molecule has 0 bridgehead atoms. The maximum absolute atomic E-state index is 12.6. The van der Waals surface area contributed by atoms with Crippen molar-refractivity contribution in [3.05, 3.63) is 34.9 Å². The van der Waals surface area contributed by atoms with Crippen LogP contribution in [0.1, 0.15) is 54.1 Å². The zero-order valence-corrected chi connectivity index (χ0v) is 12.7. The number of carbonyl (C=O) groups is 3. The Kier molecular flexibility index (Phi) is 3.96. The first-order chi connectivity index (χ1) is 10.6. The molecular formula is C17H20N2O3. The van der Waals surface area contributed by atoms with Crippen LogP contribution in [0.2, 0.25) is 0 Å². The molecule has 116 valence electrons. The van der Waals surface area contributed by atoms with Crippen molar-refractivity contribution in [3.8, 4) is 0 Å². The van der Waals surface area contributed by atoms with E-state index in [0.717, 1.165) is 24.8 Å². The molecule has 0 aliphatic carbocycles. The topological polar surface area (TPSA) is 66.5 Å². The van der Waals surface area contributed by atoms with Gasteiger partial charge in [-0.15, -0.1) is 0 Å². The van der Waals surface area contributed by atoms with Crippen LogP contribution in [0.5, 0.6) is 0 Å². The van der Waals surface area contributed by atoms with Crippen LogP contribution in [-0.4, -0.2) is 28.7 Å². The maximum atomic E-state index is 12.6. The Bertz CT molecular complexity index is 639. The Balaban J connectivity index is 1.79. The van der Waals surface area contributed by atoms with Crippen molar-refractivity contribution in [3.63, 3.8) is 0 Å². The minimum atomic E-state index is -0.531. The van der Waals surface area contributed by atoms with Crippen LogP contribution < -0.4 is 5.32 Å². The molecule has 3 rings (SSSR count). The summed E-state index contributed by atoms with van der Waals surface area (Å²) >= 11 is 0. The predicted molar refractivity (Wildman–Crippen MR) is 81.1 cm³/mol. The van der Waals surface area contributed by atoms with Gasteiger partial charge in [-0.2, -0.15) is 0 Å². The van der Waals surface area contributed by atoms with Gasteiger partial charge in [-0.05, 0) is 36.5 Å². The van der Waals surface area contributed by atoms with Gasteiger partial charge in [-0.25, -0.2) is 0 Å². The molecule has 1 fully saturated rings. The number of carbonyl (C=O) groups excluding carboxylic acids is 3. The van der Waals surface area contributed by atoms with Crippen molar-refractivity contribution in [2.75, 3.05) is 0 Å². The highest BCUT2D eigenvalue weighted by Gasteiger charge is 2.38. The first-order valence-electron chi connectivity index (χ1n) is 7.86. The fourth-order valence-corrected chi connectivity index (χ4v) is 3.14. The molecule has 1 unspecified atom stereocenters. The summed E-state index contributed by atoms with van der Waals surface area (Å²) in [5.74, 6) is -0.710. The van der Waals surface area contributed by atoms with Crippen molar-refractivity contribution >= 4 is 17.7 Å². The summed E-state index contributed by atoms with van der Waals surface area (Å²) in [5, 5.41) is 2.32. The summed E-state index contributed by atoms with van der Waals surface area (Å²) in [6.45, 7) is 2.59. The largest absolute Gasteiger partial charge is 0.322 e. The SMILES string of the molecule is CCCCc1ccc2c(c1)C(=O)N(C1CCC(=O)NC1=O)C2. The molecule has 1 aromatic rings. The number of benzene rings is 1. The Morgan fingerprint density at radius 3 is 2.82 bits per heavy atom. The molecule has 1 saturated heterocycles. The summed E-state index contributed by atoms with van der Waals surface area (Å²) in [5.41, 5.74) is 2.84. The van der Waals surface area contributed by atoms with E-state index < -0.39 is 6.04 Å². The van der Waals surface area contributed by atoms with Gasteiger partial charge in [0, 0.05) is 18.5 Å². The van der Waals surface area contributed by atoms with E-state index in [9.17, 15) is 14.4 Å². The Hall–Kier alpha value is -2.17. The average Bonchev–Trinajstić information content (AvgIpc) is 2.82. The van der Waals surface area contributed by atoms with Gasteiger partial charge in [-0.1, -0.05) is 25.5 Å². The molecule has 22 heavy (non-hydrogen) atoms. The van der Waals surface area contributed by atoms with E-state index in [0.29, 0.717) is 18.5 Å². The predicted octanol–water partition coefficient (Wildman–Crippen LogP) is 1.79. The lowest BCUT2D eigenvalue weighted by Gasteiger charge is -2.29. The molecule has 0 aromatic heterocycles. The first-order valence-corrected chi connectivity index (χ1v) is 7.86. The number of hydrogen-bond donors (Lipinski definition) is 1. The highest BCUT2D eigenvalue weighted by Crippen LogP contribution is 2.28. The van der Waals surface area contributed by atoms with E-state index >= 15 is 0 Å². The van der Waals surface area contributed by atoms with Crippen LogP contribution >= 0.6 is 0 Å². The number of hydrogen-bond acceptors (Lipinski definition) is 3. The van der Waals surface area contributed by atoms with Gasteiger partial charge in [0.2, 0.25) is 11.8 Å². The zero-order valence-electron chi connectivity index (χ0n) is 12.7. The fourth-order valence-electron chi connectivity index (χ4n) is 3.14. The molecule has 0 radical (unpaired) electrons. The number of amides is 3. The Morgan fingerprint density at radius 2 is 2.09 bits per heavy atom. The monoisotopic (exact) mass is 300 g/mol. The molecule has 2 heterocycles. The number of piperidine rings is 1. The standard InChI is InChI=1S/C17H20N2O3/c1-2-3-4-11-5-6-12-10-19(17(22)13(12)9-11)14-7-8-15(20)18-16(14)21/h5-6,9,14H,2-4,7-8,10H2,1H3,(H,18,20,21). The number of fused-ring (bicyclic) bond motifs is 1. The molecule has 5 heteroatoms. The summed E-state index contributed by atoms with van der Waals surface area (Å²) in [6, 6.07) is 5.48. The summed E-state index contributed by atoms with van der Waals surface area (Å²) in [4.78, 5) is 37.4. The molecule has 5 nitrogen and oxygen atoms in total. The number of unbranched alkanes of at least 4 members (excludes halogenated alkanes) is 1. The normalized spacial score (nSPS) is 21.0. The second-order valence-electron chi connectivity index (χ2n) is 6.00. The third-order valence-electron chi connectivity index (χ3n) is 4.41. The highest BCUT2D eigenvalue weighted by atomic mass is 16.2. The molecular weight excluding hydrogens is 280 g/mol. The van der Waals surface area contributed by atoms with Gasteiger partial charge in [-0.3, -0.25) is 19.7 Å². The van der Waals surface area contributed by atoms with E-state index in [4.69, 9.17) is 0 Å². The molecule has 1 N–H and O–H groups in total. The fraction of sp³-hybridized carbons (Fsp3) is 0.471. The van der Waals surface area contributed by atoms with Gasteiger partial charge in [0.05, 0.1) is 0 Å². The molecule has 2 aliphatic rings. The molecule has 2 aliphatic heterocycles. The van der Waals surface area contributed by atoms with E-state index in [1.807, 2.05) is 12.1 Å². The maximum Gasteiger partial charge on any atom is 0.255 e. The van der Waals surface area contributed by atoms with Gasteiger partial charge < -0.3 is 4.90 Å². The Labute approximate surface area is 129 Å². The van der Waals surface area contributed by atoms with E-state index in [-0.39, 0.29) is 24.1 Å². The lowest BCUT2D eigenvalue weighted by molar-refractivity contribution is -0.136. The number of aryl methyl sites for hydroxylation is 1. The molecule has 1 aromatic carbocycles. The van der Waals surface area contributed by atoms with Crippen LogP contribution in [0.4, 0.5) is 0 Å². The molecule has 0 saturated carbocycles. The van der Waals surface area contributed by atoms with Crippen molar-refractivity contribution in [2.45, 2.75) is 51.6 Å². The van der Waals surface area contributed by atoms with Gasteiger partial charge >= 0.3 is 0 Å². The molecule has 0 spiro atoms. The number of nitrogens with one attached hydrogen (secondary N) is 1. The van der Waals surface area contributed by atoms with Gasteiger partial charge in [0.15, 0.2) is 0 Å². The van der Waals surface area contributed by atoms with Crippen molar-refractivity contribution < 1.29 is 14.4 Å². The zero-order chi connectivity index (χ0) is 15.7. The van der Waals surface area contributed by atoms with Gasteiger partial charge in [0.25, 0.3) is 5.91 Å². The van der Waals surface area contributed by atoms with Crippen molar-refractivity contribution in [2.24, 2.45) is 0 Å². The minimum Gasteiger partial charge on any atom is -0.322 e. The van der Waals surface area contributed by atoms with E-state index in [2.05, 4.69) is 18.3 Å². The van der Waals surface area contributed by atoms with E-state index in [1.54, 1.807) is 4.90 Å². The van der Waals surface area contributed by atoms with Crippen LogP contribution in [-0.2, 0) is 22.6 Å². The van der Waals surface area contributed by atoms with Crippen LogP contribution in [0, 0.1) is 0 Å². The van der Waals surface area contributed by atoms with Crippen LogP contribution in [0.25, 0.3) is 0 Å². The second kappa shape index (κ2) is 5.91. The van der Waals surface area contributed by atoms with E-state index in [1.165, 1.54) is 5.56 Å². The second-order valence-corrected chi connectivity index (χ2v) is 6.00. The molecule has 1 atom stereocenters. The Morgan fingerprint density at radius 1 is 1.27 bits per heavy atom.